The Hall–Kier alpha value is -1.06. The Morgan fingerprint density at radius 2 is 1.89 bits per heavy atom. The molecule has 104 valence electrons. The average Bonchev–Trinajstić information content (AvgIpc) is 2.96. The zero-order valence-electron chi connectivity index (χ0n) is 11.6. The second-order valence-corrected chi connectivity index (χ2v) is 5.87. The summed E-state index contributed by atoms with van der Waals surface area (Å²) in [6.07, 6.45) is 3.95. The van der Waals surface area contributed by atoms with E-state index in [1.54, 1.807) is 0 Å². The van der Waals surface area contributed by atoms with E-state index in [1.165, 1.54) is 51.1 Å². The number of benzene rings is 1. The van der Waals surface area contributed by atoms with E-state index >= 15 is 0 Å². The molecule has 2 heterocycles. The average molecular weight is 259 g/mol. The minimum absolute atomic E-state index is 0.676. The summed E-state index contributed by atoms with van der Waals surface area (Å²) >= 11 is 0. The van der Waals surface area contributed by atoms with Crippen LogP contribution in [0.25, 0.3) is 0 Å². The molecule has 1 atom stereocenters. The third-order valence-electron chi connectivity index (χ3n) is 4.46. The van der Waals surface area contributed by atoms with E-state index in [0.717, 1.165) is 12.5 Å². The van der Waals surface area contributed by atoms with Crippen molar-refractivity contribution in [1.29, 1.82) is 0 Å². The van der Waals surface area contributed by atoms with Gasteiger partial charge in [0.25, 0.3) is 0 Å². The number of hydrogen-bond donors (Lipinski definition) is 2. The molecule has 0 spiro atoms. The summed E-state index contributed by atoms with van der Waals surface area (Å²) in [4.78, 5) is 2.50. The van der Waals surface area contributed by atoms with Crippen molar-refractivity contribution in [3.8, 4) is 0 Å². The molecule has 0 aromatic heterocycles. The predicted octanol–water partition coefficient (Wildman–Crippen LogP) is 1.85. The highest BCUT2D eigenvalue weighted by molar-refractivity contribution is 5.47. The maximum absolute atomic E-state index is 3.78. The molecule has 2 aliphatic heterocycles. The molecule has 0 saturated carbocycles. The number of nitrogens with zero attached hydrogens (tertiary/aromatic N) is 1. The van der Waals surface area contributed by atoms with Gasteiger partial charge in [-0.2, -0.15) is 0 Å². The zero-order valence-corrected chi connectivity index (χ0v) is 11.6. The Morgan fingerprint density at radius 1 is 1.11 bits per heavy atom. The first kappa shape index (κ1) is 12.9. The Bertz CT molecular complexity index is 373. The predicted molar refractivity (Wildman–Crippen MR) is 80.7 cm³/mol. The maximum atomic E-state index is 3.78. The summed E-state index contributed by atoms with van der Waals surface area (Å²) in [5.41, 5.74) is 1.37. The minimum Gasteiger partial charge on any atom is -0.370 e. The lowest BCUT2D eigenvalue weighted by Crippen LogP contribution is -2.39. The maximum Gasteiger partial charge on any atom is 0.0366 e. The van der Waals surface area contributed by atoms with Crippen molar-refractivity contribution in [2.24, 2.45) is 5.92 Å². The molecule has 2 saturated heterocycles. The first-order chi connectivity index (χ1) is 9.42. The fraction of sp³-hybridized carbons (Fsp3) is 0.625. The van der Waals surface area contributed by atoms with Crippen molar-refractivity contribution >= 4 is 5.69 Å². The van der Waals surface area contributed by atoms with Crippen LogP contribution in [0.2, 0.25) is 0 Å². The lowest BCUT2D eigenvalue weighted by Gasteiger charge is -2.25. The SMILES string of the molecule is c1ccc(N2CC[C@@H](NCC3CCNCC3)C2)cc1. The molecule has 2 aliphatic rings. The van der Waals surface area contributed by atoms with Gasteiger partial charge in [-0.15, -0.1) is 0 Å². The summed E-state index contributed by atoms with van der Waals surface area (Å²) in [7, 11) is 0. The molecule has 0 bridgehead atoms. The second kappa shape index (κ2) is 6.40. The van der Waals surface area contributed by atoms with Crippen LogP contribution in [-0.4, -0.2) is 38.8 Å². The van der Waals surface area contributed by atoms with E-state index < -0.39 is 0 Å². The van der Waals surface area contributed by atoms with E-state index in [9.17, 15) is 0 Å². The van der Waals surface area contributed by atoms with Crippen molar-refractivity contribution in [2.45, 2.75) is 25.3 Å². The van der Waals surface area contributed by atoms with Crippen molar-refractivity contribution in [3.63, 3.8) is 0 Å². The Labute approximate surface area is 116 Å². The number of rotatable bonds is 4. The molecule has 0 radical (unpaired) electrons. The number of nitrogens with one attached hydrogen (secondary N) is 2. The van der Waals surface area contributed by atoms with Gasteiger partial charge in [-0.1, -0.05) is 18.2 Å². The van der Waals surface area contributed by atoms with Crippen LogP contribution in [0, 0.1) is 5.92 Å². The van der Waals surface area contributed by atoms with Gasteiger partial charge in [0, 0.05) is 24.8 Å². The topological polar surface area (TPSA) is 27.3 Å². The monoisotopic (exact) mass is 259 g/mol. The van der Waals surface area contributed by atoms with Gasteiger partial charge in [0.2, 0.25) is 0 Å². The van der Waals surface area contributed by atoms with Crippen LogP contribution in [0.15, 0.2) is 30.3 Å². The quantitative estimate of drug-likeness (QED) is 0.864. The standard InChI is InChI=1S/C16H25N3/c1-2-4-16(5-3-1)19-11-8-15(13-19)18-12-14-6-9-17-10-7-14/h1-5,14-15,17-18H,6-13H2/t15-/m1/s1. The smallest absolute Gasteiger partial charge is 0.0366 e. The van der Waals surface area contributed by atoms with Gasteiger partial charge in [-0.25, -0.2) is 0 Å². The van der Waals surface area contributed by atoms with Gasteiger partial charge >= 0.3 is 0 Å². The van der Waals surface area contributed by atoms with Gasteiger partial charge in [-0.05, 0) is 56.9 Å². The fourth-order valence-electron chi connectivity index (χ4n) is 3.22. The molecular formula is C16H25N3. The van der Waals surface area contributed by atoms with Gasteiger partial charge < -0.3 is 15.5 Å². The lowest BCUT2D eigenvalue weighted by atomic mass is 9.98. The fourth-order valence-corrected chi connectivity index (χ4v) is 3.22. The third kappa shape index (κ3) is 3.48. The third-order valence-corrected chi connectivity index (χ3v) is 4.46. The van der Waals surface area contributed by atoms with E-state index in [1.807, 2.05) is 0 Å². The highest BCUT2D eigenvalue weighted by Crippen LogP contribution is 2.20. The summed E-state index contributed by atoms with van der Waals surface area (Å²) in [6, 6.07) is 11.5. The highest BCUT2D eigenvalue weighted by atomic mass is 15.2. The minimum atomic E-state index is 0.676. The summed E-state index contributed by atoms with van der Waals surface area (Å²) in [6.45, 7) is 5.96. The molecular weight excluding hydrogens is 234 g/mol. The normalized spacial score (nSPS) is 24.8. The Morgan fingerprint density at radius 3 is 2.68 bits per heavy atom. The summed E-state index contributed by atoms with van der Waals surface area (Å²) in [5.74, 6) is 0.882. The van der Waals surface area contributed by atoms with E-state index in [2.05, 4.69) is 45.9 Å². The summed E-state index contributed by atoms with van der Waals surface area (Å²) < 4.78 is 0. The number of anilines is 1. The molecule has 2 N–H and O–H groups in total. The van der Waals surface area contributed by atoms with Gasteiger partial charge in [-0.3, -0.25) is 0 Å². The molecule has 0 aliphatic carbocycles. The second-order valence-electron chi connectivity index (χ2n) is 5.87. The van der Waals surface area contributed by atoms with E-state index in [4.69, 9.17) is 0 Å². The van der Waals surface area contributed by atoms with Crippen LogP contribution in [0.5, 0.6) is 0 Å². The number of hydrogen-bond acceptors (Lipinski definition) is 3. The van der Waals surface area contributed by atoms with Crippen molar-refractivity contribution in [2.75, 3.05) is 37.6 Å². The molecule has 2 fully saturated rings. The number of piperidine rings is 1. The van der Waals surface area contributed by atoms with Crippen LogP contribution in [0.3, 0.4) is 0 Å². The van der Waals surface area contributed by atoms with Crippen molar-refractivity contribution < 1.29 is 0 Å². The lowest BCUT2D eigenvalue weighted by molar-refractivity contribution is 0.343. The van der Waals surface area contributed by atoms with Crippen LogP contribution < -0.4 is 15.5 Å². The van der Waals surface area contributed by atoms with Crippen molar-refractivity contribution in [1.82, 2.24) is 10.6 Å². The van der Waals surface area contributed by atoms with Crippen LogP contribution in [-0.2, 0) is 0 Å². The first-order valence-corrected chi connectivity index (χ1v) is 7.66. The highest BCUT2D eigenvalue weighted by Gasteiger charge is 2.23. The van der Waals surface area contributed by atoms with E-state index in [-0.39, 0.29) is 0 Å². The largest absolute Gasteiger partial charge is 0.370 e. The molecule has 1 aromatic carbocycles. The number of para-hydroxylation sites is 1. The molecule has 1 aromatic rings. The molecule has 3 rings (SSSR count). The summed E-state index contributed by atoms with van der Waals surface area (Å²) in [5, 5.41) is 7.22. The van der Waals surface area contributed by atoms with Gasteiger partial charge in [0.1, 0.15) is 0 Å². The van der Waals surface area contributed by atoms with Crippen LogP contribution in [0.1, 0.15) is 19.3 Å². The molecule has 3 heteroatoms. The molecule has 0 amide bonds. The Balaban J connectivity index is 1.44. The molecule has 19 heavy (non-hydrogen) atoms. The Kier molecular flexibility index (Phi) is 4.36. The van der Waals surface area contributed by atoms with Crippen LogP contribution >= 0.6 is 0 Å². The van der Waals surface area contributed by atoms with E-state index in [0.29, 0.717) is 6.04 Å². The van der Waals surface area contributed by atoms with Crippen LogP contribution in [0.4, 0.5) is 5.69 Å². The first-order valence-electron chi connectivity index (χ1n) is 7.66. The molecule has 0 unspecified atom stereocenters. The van der Waals surface area contributed by atoms with Gasteiger partial charge in [0.15, 0.2) is 0 Å². The molecule has 3 nitrogen and oxygen atoms in total. The zero-order chi connectivity index (χ0) is 12.9. The van der Waals surface area contributed by atoms with Gasteiger partial charge in [0.05, 0.1) is 0 Å². The van der Waals surface area contributed by atoms with Crippen molar-refractivity contribution in [3.05, 3.63) is 30.3 Å².